The molecule has 0 aliphatic carbocycles. The smallest absolute Gasteiger partial charge is 0.137 e. The second-order valence-corrected chi connectivity index (χ2v) is 4.18. The third-order valence-corrected chi connectivity index (χ3v) is 2.74. The van der Waals surface area contributed by atoms with E-state index in [0.29, 0.717) is 22.8 Å². The van der Waals surface area contributed by atoms with Gasteiger partial charge in [-0.25, -0.2) is 0 Å². The Hall–Kier alpha value is -1.41. The molecule has 0 aliphatic heterocycles. The molecule has 0 fully saturated rings. The molecule has 0 bridgehead atoms. The second kappa shape index (κ2) is 5.78. The molecule has 0 N–H and O–H groups in total. The van der Waals surface area contributed by atoms with Gasteiger partial charge in [-0.2, -0.15) is 0 Å². The normalized spacial score (nSPS) is 10.2. The zero-order valence-electron chi connectivity index (χ0n) is 9.40. The zero-order chi connectivity index (χ0) is 12.1. The van der Waals surface area contributed by atoms with Crippen LogP contribution in [0.2, 0.25) is 5.02 Å². The van der Waals surface area contributed by atoms with Gasteiger partial charge in [-0.3, -0.25) is 0 Å². The summed E-state index contributed by atoms with van der Waals surface area (Å²) in [6.45, 7) is 0.605. The van der Waals surface area contributed by atoms with Crippen molar-refractivity contribution < 1.29 is 4.74 Å². The molecule has 0 atom stereocenters. The summed E-state index contributed by atoms with van der Waals surface area (Å²) < 4.78 is 5.61. The maximum Gasteiger partial charge on any atom is 0.137 e. The highest BCUT2D eigenvalue weighted by Crippen LogP contribution is 2.22. The van der Waals surface area contributed by atoms with Crippen molar-refractivity contribution in [2.45, 2.75) is 6.42 Å². The lowest BCUT2D eigenvalue weighted by Gasteiger charge is -2.08. The third-order valence-electron chi connectivity index (χ3n) is 2.45. The summed E-state index contributed by atoms with van der Waals surface area (Å²) in [5, 5.41) is 0.554. The number of ether oxygens (including phenoxy) is 1. The van der Waals surface area contributed by atoms with E-state index in [-0.39, 0.29) is 0 Å². The molecule has 0 saturated heterocycles. The molecular weight excluding hydrogens is 230 g/mol. The van der Waals surface area contributed by atoms with E-state index in [4.69, 9.17) is 24.2 Å². The molecule has 0 aromatic heterocycles. The minimum Gasteiger partial charge on any atom is -0.492 e. The lowest BCUT2D eigenvalue weighted by Crippen LogP contribution is -2.05. The number of halogens is 1. The van der Waals surface area contributed by atoms with Gasteiger partial charge in [0.25, 0.3) is 0 Å². The summed E-state index contributed by atoms with van der Waals surface area (Å²) in [7, 11) is 5.61. The summed E-state index contributed by atoms with van der Waals surface area (Å²) in [5.74, 6) is 0.678. The van der Waals surface area contributed by atoms with Crippen molar-refractivity contribution >= 4 is 24.9 Å². The van der Waals surface area contributed by atoms with Gasteiger partial charge in [0, 0.05) is 6.42 Å². The van der Waals surface area contributed by atoms with E-state index < -0.39 is 0 Å². The van der Waals surface area contributed by atoms with Crippen LogP contribution < -0.4 is 10.2 Å². The maximum absolute atomic E-state index is 6.01. The van der Waals surface area contributed by atoms with E-state index in [1.54, 1.807) is 18.2 Å². The van der Waals surface area contributed by atoms with Crippen LogP contribution in [0.15, 0.2) is 48.5 Å². The fourth-order valence-corrected chi connectivity index (χ4v) is 1.80. The van der Waals surface area contributed by atoms with E-state index in [1.807, 2.05) is 18.2 Å². The number of hydrogen-bond donors (Lipinski definition) is 0. The molecule has 2 aromatic rings. The summed E-state index contributed by atoms with van der Waals surface area (Å²) in [6.07, 6.45) is 0.863. The Bertz CT molecular complexity index is 485. The van der Waals surface area contributed by atoms with E-state index >= 15 is 0 Å². The summed E-state index contributed by atoms with van der Waals surface area (Å²) in [5.41, 5.74) is 1.89. The van der Waals surface area contributed by atoms with Gasteiger partial charge < -0.3 is 4.74 Å². The molecule has 2 rings (SSSR count). The van der Waals surface area contributed by atoms with Crippen LogP contribution >= 0.6 is 11.6 Å². The first-order valence-corrected chi connectivity index (χ1v) is 5.85. The molecule has 0 saturated carbocycles. The highest BCUT2D eigenvalue weighted by atomic mass is 35.5. The van der Waals surface area contributed by atoms with Crippen molar-refractivity contribution in [1.29, 1.82) is 0 Å². The maximum atomic E-state index is 6.01. The van der Waals surface area contributed by atoms with Crippen LogP contribution in [0.25, 0.3) is 0 Å². The van der Waals surface area contributed by atoms with E-state index in [9.17, 15) is 0 Å². The predicted octanol–water partition coefficient (Wildman–Crippen LogP) is 2.76. The fraction of sp³-hybridized carbons (Fsp3) is 0.143. The van der Waals surface area contributed by atoms with Crippen molar-refractivity contribution in [1.82, 2.24) is 0 Å². The van der Waals surface area contributed by atoms with Crippen LogP contribution in [0.1, 0.15) is 5.56 Å². The molecular formula is C14H12BClO. The molecule has 3 heteroatoms. The molecule has 2 aromatic carbocycles. The van der Waals surface area contributed by atoms with Gasteiger partial charge in [-0.05, 0) is 17.7 Å². The van der Waals surface area contributed by atoms with Gasteiger partial charge >= 0.3 is 0 Å². The van der Waals surface area contributed by atoms with E-state index in [0.717, 1.165) is 6.42 Å². The van der Waals surface area contributed by atoms with Crippen LogP contribution in [-0.2, 0) is 6.42 Å². The van der Waals surface area contributed by atoms with Gasteiger partial charge in [-0.1, -0.05) is 53.5 Å². The van der Waals surface area contributed by atoms with Gasteiger partial charge in [-0.15, -0.1) is 0 Å². The molecule has 0 aliphatic rings. The minimum absolute atomic E-state index is 0.554. The Morgan fingerprint density at radius 1 is 1.06 bits per heavy atom. The van der Waals surface area contributed by atoms with Crippen LogP contribution in [0.4, 0.5) is 0 Å². The molecule has 1 nitrogen and oxygen atoms in total. The highest BCUT2D eigenvalue weighted by Gasteiger charge is 2.01. The number of rotatable bonds is 4. The SMILES string of the molecule is [B]c1ccc(OCCc2ccccc2)c(Cl)c1. The van der Waals surface area contributed by atoms with Gasteiger partial charge in [0.15, 0.2) is 0 Å². The third kappa shape index (κ3) is 3.53. The molecule has 0 unspecified atom stereocenters. The average molecular weight is 243 g/mol. The van der Waals surface area contributed by atoms with Crippen molar-refractivity contribution in [3.63, 3.8) is 0 Å². The molecule has 2 radical (unpaired) electrons. The topological polar surface area (TPSA) is 9.23 Å². The lowest BCUT2D eigenvalue weighted by atomic mass is 9.97. The Kier molecular flexibility index (Phi) is 4.10. The van der Waals surface area contributed by atoms with Gasteiger partial charge in [0.1, 0.15) is 13.6 Å². The number of benzene rings is 2. The first-order valence-electron chi connectivity index (χ1n) is 5.47. The molecule has 84 valence electrons. The lowest BCUT2D eigenvalue weighted by molar-refractivity contribution is 0.322. The number of hydrogen-bond acceptors (Lipinski definition) is 1. The van der Waals surface area contributed by atoms with E-state index in [1.165, 1.54) is 5.56 Å². The summed E-state index contributed by atoms with van der Waals surface area (Å²) >= 11 is 6.01. The predicted molar refractivity (Wildman–Crippen MR) is 72.5 cm³/mol. The van der Waals surface area contributed by atoms with Crippen LogP contribution in [0.3, 0.4) is 0 Å². The summed E-state index contributed by atoms with van der Waals surface area (Å²) in [6, 6.07) is 15.5. The highest BCUT2D eigenvalue weighted by molar-refractivity contribution is 6.37. The van der Waals surface area contributed by atoms with Crippen LogP contribution in [0, 0.1) is 0 Å². The first kappa shape index (κ1) is 12.1. The van der Waals surface area contributed by atoms with E-state index in [2.05, 4.69) is 12.1 Å². The Balaban J connectivity index is 1.90. The second-order valence-electron chi connectivity index (χ2n) is 3.77. The van der Waals surface area contributed by atoms with Crippen molar-refractivity contribution in [3.8, 4) is 5.75 Å². The van der Waals surface area contributed by atoms with Gasteiger partial charge in [0.05, 0.1) is 11.6 Å². The fourth-order valence-electron chi connectivity index (χ4n) is 1.56. The quantitative estimate of drug-likeness (QED) is 0.749. The minimum atomic E-state index is 0.554. The molecule has 17 heavy (non-hydrogen) atoms. The van der Waals surface area contributed by atoms with Crippen LogP contribution in [0.5, 0.6) is 5.75 Å². The largest absolute Gasteiger partial charge is 0.492 e. The average Bonchev–Trinajstić information content (AvgIpc) is 2.33. The molecule has 0 heterocycles. The van der Waals surface area contributed by atoms with Gasteiger partial charge in [0.2, 0.25) is 0 Å². The zero-order valence-corrected chi connectivity index (χ0v) is 10.2. The van der Waals surface area contributed by atoms with Crippen molar-refractivity contribution in [2.75, 3.05) is 6.61 Å². The molecule has 0 amide bonds. The molecule has 0 spiro atoms. The Morgan fingerprint density at radius 2 is 1.82 bits per heavy atom. The monoisotopic (exact) mass is 242 g/mol. The van der Waals surface area contributed by atoms with Crippen molar-refractivity contribution in [3.05, 3.63) is 59.1 Å². The first-order chi connectivity index (χ1) is 8.25. The Morgan fingerprint density at radius 3 is 2.53 bits per heavy atom. The Labute approximate surface area is 108 Å². The van der Waals surface area contributed by atoms with Crippen molar-refractivity contribution in [2.24, 2.45) is 0 Å². The summed E-state index contributed by atoms with van der Waals surface area (Å²) in [4.78, 5) is 0. The van der Waals surface area contributed by atoms with Crippen LogP contribution in [-0.4, -0.2) is 14.5 Å². The standard InChI is InChI=1S/C14H12BClO/c15-12-6-7-14(13(16)10-12)17-9-8-11-4-2-1-3-5-11/h1-7,10H,8-9H2.